The predicted octanol–water partition coefficient (Wildman–Crippen LogP) is 2.23. The molecule has 0 unspecified atom stereocenters. The summed E-state index contributed by atoms with van der Waals surface area (Å²) in [6.07, 6.45) is 0. The van der Waals surface area contributed by atoms with Gasteiger partial charge in [-0.1, -0.05) is 18.2 Å². The van der Waals surface area contributed by atoms with Crippen LogP contribution in [0.25, 0.3) is 0 Å². The Bertz CT molecular complexity index is 480. The number of carbonyl (C=O) groups is 1. The first-order valence-electron chi connectivity index (χ1n) is 4.82. The molecule has 1 radical (unpaired) electrons. The van der Waals surface area contributed by atoms with Crippen LogP contribution in [0.2, 0.25) is 0 Å². The first kappa shape index (κ1) is 13.8. The van der Waals surface area contributed by atoms with Gasteiger partial charge in [-0.05, 0) is 36.4 Å². The van der Waals surface area contributed by atoms with Crippen LogP contribution in [0.3, 0.4) is 0 Å². The van der Waals surface area contributed by atoms with Crippen molar-refractivity contribution in [1.29, 1.82) is 0 Å². The van der Waals surface area contributed by atoms with Crippen molar-refractivity contribution in [1.82, 2.24) is 0 Å². The summed E-state index contributed by atoms with van der Waals surface area (Å²) in [6, 6.07) is 14.7. The fraction of sp³-hybridized carbons (Fsp3) is 0. The molecule has 0 aliphatic heterocycles. The SMILES string of the molecule is O=C(Oc1ccc(O)cc1)c1ccccc1.[Na]. The molecule has 2 rings (SSSR count). The molecule has 0 spiro atoms. The molecule has 0 saturated carbocycles. The van der Waals surface area contributed by atoms with Gasteiger partial charge in [0.05, 0.1) is 5.56 Å². The Labute approximate surface area is 121 Å². The Morgan fingerprint density at radius 3 is 2.12 bits per heavy atom. The van der Waals surface area contributed by atoms with Crippen molar-refractivity contribution in [2.75, 3.05) is 0 Å². The average Bonchev–Trinajstić information content (AvgIpc) is 2.33. The summed E-state index contributed by atoms with van der Waals surface area (Å²) in [5.41, 5.74) is 0.496. The summed E-state index contributed by atoms with van der Waals surface area (Å²) >= 11 is 0. The van der Waals surface area contributed by atoms with Crippen LogP contribution in [0.15, 0.2) is 54.6 Å². The van der Waals surface area contributed by atoms with Crippen molar-refractivity contribution in [3.8, 4) is 11.5 Å². The zero-order valence-corrected chi connectivity index (χ0v) is 11.5. The number of carbonyl (C=O) groups excluding carboxylic acids is 1. The largest absolute Gasteiger partial charge is 0.508 e. The zero-order chi connectivity index (χ0) is 11.4. The van der Waals surface area contributed by atoms with E-state index in [4.69, 9.17) is 9.84 Å². The summed E-state index contributed by atoms with van der Waals surface area (Å²) in [7, 11) is 0. The van der Waals surface area contributed by atoms with Crippen LogP contribution in [0, 0.1) is 0 Å². The van der Waals surface area contributed by atoms with Crippen molar-refractivity contribution in [2.45, 2.75) is 0 Å². The second kappa shape index (κ2) is 6.45. The molecule has 0 amide bonds. The molecule has 0 aromatic heterocycles. The fourth-order valence-corrected chi connectivity index (χ4v) is 1.25. The van der Waals surface area contributed by atoms with Crippen LogP contribution >= 0.6 is 0 Å². The Kier molecular flexibility index (Phi) is 5.22. The molecule has 0 aliphatic carbocycles. The predicted molar refractivity (Wildman–Crippen MR) is 65.3 cm³/mol. The van der Waals surface area contributed by atoms with Crippen molar-refractivity contribution in [3.05, 3.63) is 60.2 Å². The molecule has 17 heavy (non-hydrogen) atoms. The van der Waals surface area contributed by atoms with Crippen molar-refractivity contribution in [2.24, 2.45) is 0 Å². The van der Waals surface area contributed by atoms with Crippen LogP contribution in [-0.4, -0.2) is 40.6 Å². The van der Waals surface area contributed by atoms with Crippen molar-refractivity contribution < 1.29 is 14.6 Å². The maximum atomic E-state index is 11.6. The molecule has 0 saturated heterocycles. The number of aromatic hydroxyl groups is 1. The van der Waals surface area contributed by atoms with Crippen LogP contribution < -0.4 is 4.74 Å². The maximum Gasteiger partial charge on any atom is 0.343 e. The molecule has 0 fully saturated rings. The number of hydrogen-bond donors (Lipinski definition) is 1. The third-order valence-electron chi connectivity index (χ3n) is 2.06. The third kappa shape index (κ3) is 3.89. The van der Waals surface area contributed by atoms with E-state index in [0.717, 1.165) is 0 Å². The summed E-state index contributed by atoms with van der Waals surface area (Å²) < 4.78 is 5.11. The first-order valence-corrected chi connectivity index (χ1v) is 4.82. The minimum Gasteiger partial charge on any atom is -0.508 e. The Morgan fingerprint density at radius 2 is 1.53 bits per heavy atom. The molecule has 0 bridgehead atoms. The molecule has 2 aromatic carbocycles. The van der Waals surface area contributed by atoms with E-state index in [1.54, 1.807) is 24.3 Å². The molecule has 2 aromatic rings. The van der Waals surface area contributed by atoms with E-state index >= 15 is 0 Å². The van der Waals surface area contributed by atoms with E-state index in [9.17, 15) is 4.79 Å². The number of esters is 1. The fourth-order valence-electron chi connectivity index (χ4n) is 1.25. The summed E-state index contributed by atoms with van der Waals surface area (Å²) in [5.74, 6) is 0.137. The van der Waals surface area contributed by atoms with Crippen molar-refractivity contribution >= 4 is 35.5 Å². The van der Waals surface area contributed by atoms with E-state index in [1.807, 2.05) is 6.07 Å². The van der Waals surface area contributed by atoms with E-state index in [0.29, 0.717) is 11.3 Å². The van der Waals surface area contributed by atoms with Gasteiger partial charge in [-0.25, -0.2) is 4.79 Å². The minimum absolute atomic E-state index is 0. The number of rotatable bonds is 2. The summed E-state index contributed by atoms with van der Waals surface area (Å²) in [5, 5.41) is 9.07. The zero-order valence-electron chi connectivity index (χ0n) is 9.46. The van der Waals surface area contributed by atoms with Gasteiger partial charge in [0.15, 0.2) is 0 Å². The standard InChI is InChI=1S/C13H10O3.Na/c14-11-6-8-12(9-7-11)16-13(15)10-4-2-1-3-5-10;/h1-9,14H;. The van der Waals surface area contributed by atoms with E-state index in [2.05, 4.69) is 0 Å². The normalized spacial score (nSPS) is 9.18. The van der Waals surface area contributed by atoms with Gasteiger partial charge in [-0.15, -0.1) is 0 Å². The average molecular weight is 237 g/mol. The number of phenolic OH excluding ortho intramolecular Hbond substituents is 1. The van der Waals surface area contributed by atoms with Gasteiger partial charge in [-0.2, -0.15) is 0 Å². The second-order valence-electron chi connectivity index (χ2n) is 3.25. The van der Waals surface area contributed by atoms with Gasteiger partial charge in [0.2, 0.25) is 0 Å². The minimum atomic E-state index is -0.411. The van der Waals surface area contributed by atoms with Gasteiger partial charge in [0.1, 0.15) is 11.5 Å². The Balaban J connectivity index is 0.00000144. The number of ether oxygens (including phenoxy) is 1. The quantitative estimate of drug-likeness (QED) is 0.495. The molecule has 0 atom stereocenters. The molecule has 0 aliphatic rings. The van der Waals surface area contributed by atoms with E-state index in [-0.39, 0.29) is 35.3 Å². The second-order valence-corrected chi connectivity index (χ2v) is 3.25. The molecular formula is C13H10NaO3. The van der Waals surface area contributed by atoms with Gasteiger partial charge in [0.25, 0.3) is 0 Å². The van der Waals surface area contributed by atoms with Crippen molar-refractivity contribution in [3.63, 3.8) is 0 Å². The van der Waals surface area contributed by atoms with Crippen LogP contribution in [0.5, 0.6) is 11.5 Å². The maximum absolute atomic E-state index is 11.6. The van der Waals surface area contributed by atoms with Crippen LogP contribution in [0.4, 0.5) is 0 Å². The van der Waals surface area contributed by atoms with E-state index in [1.165, 1.54) is 24.3 Å². The molecule has 0 heterocycles. The third-order valence-corrected chi connectivity index (χ3v) is 2.06. The monoisotopic (exact) mass is 237 g/mol. The van der Waals surface area contributed by atoms with Gasteiger partial charge in [-0.3, -0.25) is 0 Å². The number of hydrogen-bond acceptors (Lipinski definition) is 3. The summed E-state index contributed by atoms with van der Waals surface area (Å²) in [4.78, 5) is 11.6. The molecule has 81 valence electrons. The molecular weight excluding hydrogens is 227 g/mol. The summed E-state index contributed by atoms with van der Waals surface area (Å²) in [6.45, 7) is 0. The number of phenols is 1. The Morgan fingerprint density at radius 1 is 0.941 bits per heavy atom. The topological polar surface area (TPSA) is 46.5 Å². The van der Waals surface area contributed by atoms with Gasteiger partial charge >= 0.3 is 5.97 Å². The van der Waals surface area contributed by atoms with Gasteiger partial charge in [0, 0.05) is 29.6 Å². The first-order chi connectivity index (χ1) is 7.75. The molecule has 1 N–H and O–H groups in total. The van der Waals surface area contributed by atoms with Gasteiger partial charge < -0.3 is 9.84 Å². The molecule has 3 nitrogen and oxygen atoms in total. The smallest absolute Gasteiger partial charge is 0.343 e. The van der Waals surface area contributed by atoms with Crippen LogP contribution in [-0.2, 0) is 0 Å². The van der Waals surface area contributed by atoms with Crippen LogP contribution in [0.1, 0.15) is 10.4 Å². The molecule has 4 heteroatoms. The Hall–Kier alpha value is -1.29. The number of benzene rings is 2. The van der Waals surface area contributed by atoms with E-state index < -0.39 is 5.97 Å².